The third-order valence-corrected chi connectivity index (χ3v) is 2.15. The van der Waals surface area contributed by atoms with Crippen molar-refractivity contribution in [2.45, 2.75) is 6.92 Å². The van der Waals surface area contributed by atoms with Crippen LogP contribution in [0.2, 0.25) is 0 Å². The zero-order valence-corrected chi connectivity index (χ0v) is 9.79. The molecule has 1 heterocycles. The lowest BCUT2D eigenvalue weighted by Crippen LogP contribution is -2.23. The summed E-state index contributed by atoms with van der Waals surface area (Å²) in [7, 11) is 0. The van der Waals surface area contributed by atoms with E-state index in [0.29, 0.717) is 17.2 Å². The van der Waals surface area contributed by atoms with Gasteiger partial charge in [0, 0.05) is 0 Å². The second-order valence-corrected chi connectivity index (χ2v) is 3.49. The number of amides is 1. The third kappa shape index (κ3) is 3.21. The maximum atomic E-state index is 11.4. The number of carbonyl (C=O) groups is 1. The van der Waals surface area contributed by atoms with E-state index < -0.39 is 6.09 Å². The molecule has 0 bridgehead atoms. The average molecular weight is 244 g/mol. The van der Waals surface area contributed by atoms with Crippen LogP contribution in [0, 0.1) is 0 Å². The van der Waals surface area contributed by atoms with E-state index in [1.165, 1.54) is 6.26 Å². The molecule has 1 amide bonds. The number of hydrogen-bond acceptors (Lipinski definition) is 4. The van der Waals surface area contributed by atoms with Crippen LogP contribution >= 0.6 is 0 Å². The molecule has 0 aliphatic carbocycles. The molecule has 0 saturated heterocycles. The summed E-state index contributed by atoms with van der Waals surface area (Å²) in [5.41, 5.74) is 2.85. The largest absolute Gasteiger partial charge is 0.463 e. The first-order chi connectivity index (χ1) is 8.75. The Hall–Kier alpha value is -2.56. The van der Waals surface area contributed by atoms with Crippen molar-refractivity contribution in [1.82, 2.24) is 5.43 Å². The molecule has 0 spiro atoms. The Morgan fingerprint density at radius 1 is 1.22 bits per heavy atom. The molecule has 1 aromatic carbocycles. The highest BCUT2D eigenvalue weighted by atomic mass is 16.6. The lowest BCUT2D eigenvalue weighted by atomic mass is 10.3. The van der Waals surface area contributed by atoms with Gasteiger partial charge in [-0.2, -0.15) is 5.10 Å². The van der Waals surface area contributed by atoms with Crippen LogP contribution < -0.4 is 10.2 Å². The predicted octanol–water partition coefficient (Wildman–Crippen LogP) is 2.79. The standard InChI is InChI=1S/C13H12N2O3/c1-10(12-8-5-9-17-12)14-15-13(16)18-11-6-3-2-4-7-11/h2-9H,1H3,(H,15,16). The van der Waals surface area contributed by atoms with Crippen LogP contribution in [-0.2, 0) is 0 Å². The molecular weight excluding hydrogens is 232 g/mol. The van der Waals surface area contributed by atoms with Crippen LogP contribution in [0.3, 0.4) is 0 Å². The minimum Gasteiger partial charge on any atom is -0.463 e. The van der Waals surface area contributed by atoms with E-state index in [-0.39, 0.29) is 0 Å². The first-order valence-corrected chi connectivity index (χ1v) is 5.37. The third-order valence-electron chi connectivity index (χ3n) is 2.15. The van der Waals surface area contributed by atoms with Gasteiger partial charge in [0.1, 0.15) is 17.2 Å². The number of benzene rings is 1. The van der Waals surface area contributed by atoms with Crippen LogP contribution in [0.25, 0.3) is 0 Å². The zero-order chi connectivity index (χ0) is 12.8. The van der Waals surface area contributed by atoms with E-state index in [1.54, 1.807) is 43.3 Å². The molecule has 2 rings (SSSR count). The van der Waals surface area contributed by atoms with Gasteiger partial charge in [0.15, 0.2) is 0 Å². The van der Waals surface area contributed by atoms with E-state index >= 15 is 0 Å². The van der Waals surface area contributed by atoms with Gasteiger partial charge in [0.25, 0.3) is 0 Å². The van der Waals surface area contributed by atoms with E-state index in [9.17, 15) is 4.79 Å². The SMILES string of the molecule is CC(=NNC(=O)Oc1ccccc1)c1ccco1. The second kappa shape index (κ2) is 5.67. The normalized spacial score (nSPS) is 11.1. The van der Waals surface area contributed by atoms with Gasteiger partial charge < -0.3 is 9.15 Å². The van der Waals surface area contributed by atoms with Gasteiger partial charge in [-0.25, -0.2) is 10.2 Å². The second-order valence-electron chi connectivity index (χ2n) is 3.49. The summed E-state index contributed by atoms with van der Waals surface area (Å²) in [4.78, 5) is 11.4. The topological polar surface area (TPSA) is 63.8 Å². The van der Waals surface area contributed by atoms with Gasteiger partial charge in [-0.1, -0.05) is 18.2 Å². The summed E-state index contributed by atoms with van der Waals surface area (Å²) >= 11 is 0. The molecule has 5 heteroatoms. The Bertz CT molecular complexity index is 533. The number of ether oxygens (including phenoxy) is 1. The number of nitrogens with zero attached hydrogens (tertiary/aromatic N) is 1. The number of furan rings is 1. The Kier molecular flexibility index (Phi) is 3.76. The summed E-state index contributed by atoms with van der Waals surface area (Å²) < 4.78 is 10.1. The predicted molar refractivity (Wildman–Crippen MR) is 66.5 cm³/mol. The van der Waals surface area contributed by atoms with Crippen molar-refractivity contribution in [2.75, 3.05) is 0 Å². The molecule has 0 unspecified atom stereocenters. The van der Waals surface area contributed by atoms with Crippen molar-refractivity contribution in [3.63, 3.8) is 0 Å². The van der Waals surface area contributed by atoms with E-state index in [1.807, 2.05) is 6.07 Å². The van der Waals surface area contributed by atoms with Crippen molar-refractivity contribution in [3.05, 3.63) is 54.5 Å². The number of nitrogens with one attached hydrogen (secondary N) is 1. The maximum absolute atomic E-state index is 11.4. The molecule has 0 atom stereocenters. The van der Waals surface area contributed by atoms with Gasteiger partial charge in [0.05, 0.1) is 6.26 Å². The lowest BCUT2D eigenvalue weighted by molar-refractivity contribution is 0.201. The smallest absolute Gasteiger partial charge is 0.433 e. The molecule has 18 heavy (non-hydrogen) atoms. The minimum absolute atomic E-state index is 0.459. The summed E-state index contributed by atoms with van der Waals surface area (Å²) in [6.07, 6.45) is 0.892. The Balaban J connectivity index is 1.91. The number of para-hydroxylation sites is 1. The maximum Gasteiger partial charge on any atom is 0.433 e. The van der Waals surface area contributed by atoms with Gasteiger partial charge in [0.2, 0.25) is 0 Å². The van der Waals surface area contributed by atoms with Crippen LogP contribution in [0.4, 0.5) is 4.79 Å². The van der Waals surface area contributed by atoms with Gasteiger partial charge >= 0.3 is 6.09 Å². The first-order valence-electron chi connectivity index (χ1n) is 5.37. The van der Waals surface area contributed by atoms with Crippen LogP contribution in [0.5, 0.6) is 5.75 Å². The van der Waals surface area contributed by atoms with E-state index in [4.69, 9.17) is 9.15 Å². The molecular formula is C13H12N2O3. The average Bonchev–Trinajstić information content (AvgIpc) is 2.91. The fourth-order valence-electron chi connectivity index (χ4n) is 1.29. The van der Waals surface area contributed by atoms with Crippen molar-refractivity contribution >= 4 is 11.8 Å². The molecule has 0 fully saturated rings. The van der Waals surface area contributed by atoms with Gasteiger partial charge in [-0.05, 0) is 31.2 Å². The monoisotopic (exact) mass is 244 g/mol. The summed E-state index contributed by atoms with van der Waals surface area (Å²) in [6, 6.07) is 12.3. The molecule has 0 radical (unpaired) electrons. The van der Waals surface area contributed by atoms with E-state index in [0.717, 1.165) is 0 Å². The highest BCUT2D eigenvalue weighted by Crippen LogP contribution is 2.08. The number of rotatable bonds is 3. The fourth-order valence-corrected chi connectivity index (χ4v) is 1.29. The quantitative estimate of drug-likeness (QED) is 0.667. The van der Waals surface area contributed by atoms with Gasteiger partial charge in [-0.15, -0.1) is 0 Å². The molecule has 1 aromatic heterocycles. The molecule has 0 saturated carbocycles. The van der Waals surface area contributed by atoms with Crippen molar-refractivity contribution < 1.29 is 13.9 Å². The highest BCUT2D eigenvalue weighted by molar-refractivity contribution is 5.96. The molecule has 1 N–H and O–H groups in total. The molecule has 2 aromatic rings. The van der Waals surface area contributed by atoms with Crippen molar-refractivity contribution in [1.29, 1.82) is 0 Å². The molecule has 92 valence electrons. The Morgan fingerprint density at radius 2 is 2.00 bits per heavy atom. The summed E-state index contributed by atoms with van der Waals surface area (Å²) in [5.74, 6) is 1.05. The number of hydrazone groups is 1. The van der Waals surface area contributed by atoms with Crippen LogP contribution in [0.1, 0.15) is 12.7 Å². The van der Waals surface area contributed by atoms with Gasteiger partial charge in [-0.3, -0.25) is 0 Å². The number of carbonyl (C=O) groups excluding carboxylic acids is 1. The molecule has 0 aliphatic heterocycles. The van der Waals surface area contributed by atoms with Crippen LogP contribution in [0.15, 0.2) is 58.2 Å². The molecule has 0 aliphatic rings. The summed E-state index contributed by atoms with van der Waals surface area (Å²) in [5, 5.41) is 3.86. The zero-order valence-electron chi connectivity index (χ0n) is 9.79. The van der Waals surface area contributed by atoms with Crippen molar-refractivity contribution in [2.24, 2.45) is 5.10 Å². The van der Waals surface area contributed by atoms with Crippen LogP contribution in [-0.4, -0.2) is 11.8 Å². The van der Waals surface area contributed by atoms with E-state index in [2.05, 4.69) is 10.5 Å². The lowest BCUT2D eigenvalue weighted by Gasteiger charge is -2.03. The molecule has 5 nitrogen and oxygen atoms in total. The first kappa shape index (κ1) is 11.9. The Labute approximate surface area is 104 Å². The summed E-state index contributed by atoms with van der Waals surface area (Å²) in [6.45, 7) is 1.72. The van der Waals surface area contributed by atoms with Crippen molar-refractivity contribution in [3.8, 4) is 5.75 Å². The number of hydrogen-bond donors (Lipinski definition) is 1. The highest BCUT2D eigenvalue weighted by Gasteiger charge is 2.04. The Morgan fingerprint density at radius 3 is 2.67 bits per heavy atom. The fraction of sp³-hybridized carbons (Fsp3) is 0.0769. The minimum atomic E-state index is -0.646.